The van der Waals surface area contributed by atoms with E-state index in [4.69, 9.17) is 4.74 Å². The van der Waals surface area contributed by atoms with Crippen LogP contribution in [0, 0.1) is 17.2 Å². The largest absolute Gasteiger partial charge is 0.385 e. The molecular formula is C14H25N3O2. The van der Waals surface area contributed by atoms with E-state index in [1.807, 2.05) is 19.0 Å². The quantitative estimate of drug-likeness (QED) is 0.733. The van der Waals surface area contributed by atoms with Crippen LogP contribution in [0.1, 0.15) is 32.1 Å². The first kappa shape index (κ1) is 15.9. The van der Waals surface area contributed by atoms with Crippen LogP contribution in [0.5, 0.6) is 0 Å². The Morgan fingerprint density at radius 3 is 2.58 bits per heavy atom. The van der Waals surface area contributed by atoms with E-state index in [0.29, 0.717) is 13.2 Å². The van der Waals surface area contributed by atoms with E-state index >= 15 is 0 Å². The van der Waals surface area contributed by atoms with E-state index in [0.717, 1.165) is 32.1 Å². The SMILES string of the molecule is COCCCNC(=O)C1CCC(C#N)(N(C)C)CC1. The molecule has 1 aliphatic rings. The van der Waals surface area contributed by atoms with Crippen LogP contribution in [0.3, 0.4) is 0 Å². The van der Waals surface area contributed by atoms with Gasteiger partial charge in [-0.2, -0.15) is 5.26 Å². The Hall–Kier alpha value is -1.12. The molecule has 0 heterocycles. The van der Waals surface area contributed by atoms with Crippen molar-refractivity contribution >= 4 is 5.91 Å². The van der Waals surface area contributed by atoms with Crippen LogP contribution in [0.2, 0.25) is 0 Å². The van der Waals surface area contributed by atoms with Crippen LogP contribution in [-0.4, -0.2) is 50.7 Å². The molecule has 108 valence electrons. The molecule has 0 aromatic carbocycles. The highest BCUT2D eigenvalue weighted by molar-refractivity contribution is 5.78. The zero-order valence-electron chi connectivity index (χ0n) is 12.2. The number of nitriles is 1. The number of ether oxygens (including phenoxy) is 1. The zero-order valence-corrected chi connectivity index (χ0v) is 12.2. The third-order valence-corrected chi connectivity index (χ3v) is 4.07. The van der Waals surface area contributed by atoms with Gasteiger partial charge in [0, 0.05) is 26.2 Å². The number of nitrogens with one attached hydrogen (secondary N) is 1. The van der Waals surface area contributed by atoms with E-state index in [-0.39, 0.29) is 17.4 Å². The molecule has 0 aromatic rings. The van der Waals surface area contributed by atoms with Gasteiger partial charge in [-0.1, -0.05) is 0 Å². The Balaban J connectivity index is 2.37. The maximum Gasteiger partial charge on any atom is 0.223 e. The standard InChI is InChI=1S/C14H25N3O2/c1-17(2)14(11-15)7-5-12(6-8-14)13(18)16-9-4-10-19-3/h12H,4-10H2,1-3H3,(H,16,18). The van der Waals surface area contributed by atoms with Gasteiger partial charge in [-0.3, -0.25) is 9.69 Å². The van der Waals surface area contributed by atoms with Crippen LogP contribution in [0.15, 0.2) is 0 Å². The van der Waals surface area contributed by atoms with Crippen LogP contribution < -0.4 is 5.32 Å². The minimum Gasteiger partial charge on any atom is -0.385 e. The number of rotatable bonds is 6. The summed E-state index contributed by atoms with van der Waals surface area (Å²) in [5.74, 6) is 0.186. The highest BCUT2D eigenvalue weighted by Gasteiger charge is 2.39. The van der Waals surface area contributed by atoms with Crippen LogP contribution in [0.25, 0.3) is 0 Å². The molecule has 0 spiro atoms. The summed E-state index contributed by atoms with van der Waals surface area (Å²) in [6, 6.07) is 2.41. The van der Waals surface area contributed by atoms with Crippen LogP contribution >= 0.6 is 0 Å². The lowest BCUT2D eigenvalue weighted by molar-refractivity contribution is -0.126. The van der Waals surface area contributed by atoms with Crippen molar-refractivity contribution in [2.45, 2.75) is 37.6 Å². The van der Waals surface area contributed by atoms with Gasteiger partial charge in [0.25, 0.3) is 0 Å². The molecule has 1 N–H and O–H groups in total. The van der Waals surface area contributed by atoms with E-state index in [2.05, 4.69) is 11.4 Å². The zero-order chi connectivity index (χ0) is 14.3. The second-order valence-corrected chi connectivity index (χ2v) is 5.45. The number of hydrogen-bond donors (Lipinski definition) is 1. The summed E-state index contributed by atoms with van der Waals surface area (Å²) < 4.78 is 4.94. The Bertz CT molecular complexity index is 328. The fourth-order valence-electron chi connectivity index (χ4n) is 2.59. The molecule has 0 aromatic heterocycles. The molecule has 1 rings (SSSR count). The molecule has 5 heteroatoms. The molecule has 0 bridgehead atoms. The van der Waals surface area contributed by atoms with Crippen molar-refractivity contribution < 1.29 is 9.53 Å². The molecule has 19 heavy (non-hydrogen) atoms. The maximum atomic E-state index is 12.0. The number of nitrogens with zero attached hydrogens (tertiary/aromatic N) is 2. The first-order chi connectivity index (χ1) is 9.05. The van der Waals surface area contributed by atoms with Gasteiger partial charge in [0.15, 0.2) is 0 Å². The van der Waals surface area contributed by atoms with Crippen molar-refractivity contribution in [2.24, 2.45) is 5.92 Å². The predicted molar refractivity (Wildman–Crippen MR) is 73.5 cm³/mol. The van der Waals surface area contributed by atoms with Crippen molar-refractivity contribution in [3.8, 4) is 6.07 Å². The highest BCUT2D eigenvalue weighted by atomic mass is 16.5. The first-order valence-corrected chi connectivity index (χ1v) is 6.91. The van der Waals surface area contributed by atoms with Gasteiger partial charge in [-0.05, 0) is 46.2 Å². The molecule has 0 saturated heterocycles. The van der Waals surface area contributed by atoms with Gasteiger partial charge in [0.05, 0.1) is 6.07 Å². The molecule has 5 nitrogen and oxygen atoms in total. The number of carbonyl (C=O) groups is 1. The van der Waals surface area contributed by atoms with E-state index < -0.39 is 0 Å². The molecule has 1 saturated carbocycles. The van der Waals surface area contributed by atoms with E-state index in [1.54, 1.807) is 7.11 Å². The molecule has 0 radical (unpaired) electrons. The van der Waals surface area contributed by atoms with Crippen molar-refractivity contribution in [2.75, 3.05) is 34.4 Å². The van der Waals surface area contributed by atoms with Crippen LogP contribution in [0.4, 0.5) is 0 Å². The molecular weight excluding hydrogens is 242 g/mol. The molecule has 1 aliphatic carbocycles. The average molecular weight is 267 g/mol. The van der Waals surface area contributed by atoms with Gasteiger partial charge in [-0.25, -0.2) is 0 Å². The number of carbonyl (C=O) groups excluding carboxylic acids is 1. The summed E-state index contributed by atoms with van der Waals surface area (Å²) in [6.07, 6.45) is 3.97. The summed E-state index contributed by atoms with van der Waals surface area (Å²) in [7, 11) is 5.54. The smallest absolute Gasteiger partial charge is 0.223 e. The third-order valence-electron chi connectivity index (χ3n) is 4.07. The maximum absolute atomic E-state index is 12.0. The van der Waals surface area contributed by atoms with Crippen LogP contribution in [-0.2, 0) is 9.53 Å². The minimum atomic E-state index is -0.382. The van der Waals surface area contributed by atoms with Crippen molar-refractivity contribution in [1.82, 2.24) is 10.2 Å². The van der Waals surface area contributed by atoms with Crippen molar-refractivity contribution in [1.29, 1.82) is 5.26 Å². The Labute approximate surface area is 115 Å². The van der Waals surface area contributed by atoms with Crippen molar-refractivity contribution in [3.63, 3.8) is 0 Å². The second kappa shape index (κ2) is 7.46. The van der Waals surface area contributed by atoms with Gasteiger partial charge in [-0.15, -0.1) is 0 Å². The molecule has 0 atom stereocenters. The van der Waals surface area contributed by atoms with Gasteiger partial charge in [0.1, 0.15) is 5.54 Å². The van der Waals surface area contributed by atoms with Gasteiger partial charge < -0.3 is 10.1 Å². The minimum absolute atomic E-state index is 0.0592. The number of amides is 1. The van der Waals surface area contributed by atoms with E-state index in [9.17, 15) is 10.1 Å². The Kier molecular flexibility index (Phi) is 6.26. The fourth-order valence-corrected chi connectivity index (χ4v) is 2.59. The molecule has 1 fully saturated rings. The fraction of sp³-hybridized carbons (Fsp3) is 0.857. The van der Waals surface area contributed by atoms with Gasteiger partial charge in [0.2, 0.25) is 5.91 Å². The van der Waals surface area contributed by atoms with E-state index in [1.165, 1.54) is 0 Å². The lowest BCUT2D eigenvalue weighted by Gasteiger charge is -2.39. The lowest BCUT2D eigenvalue weighted by Crippen LogP contribution is -2.47. The third kappa shape index (κ3) is 4.19. The van der Waals surface area contributed by atoms with Gasteiger partial charge >= 0.3 is 0 Å². The topological polar surface area (TPSA) is 65.4 Å². The first-order valence-electron chi connectivity index (χ1n) is 6.91. The Morgan fingerprint density at radius 1 is 1.47 bits per heavy atom. The van der Waals surface area contributed by atoms with Crippen molar-refractivity contribution in [3.05, 3.63) is 0 Å². The number of hydrogen-bond acceptors (Lipinski definition) is 4. The Morgan fingerprint density at radius 2 is 2.11 bits per heavy atom. The monoisotopic (exact) mass is 267 g/mol. The molecule has 0 unspecified atom stereocenters. The summed E-state index contributed by atoms with van der Waals surface area (Å²) >= 11 is 0. The summed E-state index contributed by atoms with van der Waals surface area (Å²) in [4.78, 5) is 14.0. The molecule has 0 aliphatic heterocycles. The molecule has 1 amide bonds. The normalized spacial score (nSPS) is 27.0. The predicted octanol–water partition coefficient (Wildman–Crippen LogP) is 1.15. The lowest BCUT2D eigenvalue weighted by atomic mass is 9.76. The number of methoxy groups -OCH3 is 1. The highest BCUT2D eigenvalue weighted by Crippen LogP contribution is 2.34. The summed E-state index contributed by atoms with van der Waals surface area (Å²) in [6.45, 7) is 1.34. The summed E-state index contributed by atoms with van der Waals surface area (Å²) in [5, 5.41) is 12.3. The summed E-state index contributed by atoms with van der Waals surface area (Å²) in [5.41, 5.74) is -0.382. The second-order valence-electron chi connectivity index (χ2n) is 5.45. The average Bonchev–Trinajstić information content (AvgIpc) is 2.43.